The summed E-state index contributed by atoms with van der Waals surface area (Å²) in [5.74, 6) is 0.353. The van der Waals surface area contributed by atoms with Crippen LogP contribution in [0, 0.1) is 0 Å². The van der Waals surface area contributed by atoms with Crippen molar-refractivity contribution in [2.45, 2.75) is 24.9 Å². The average Bonchev–Trinajstić information content (AvgIpc) is 3.40. The molecule has 1 aliphatic heterocycles. The van der Waals surface area contributed by atoms with E-state index >= 15 is 0 Å². The van der Waals surface area contributed by atoms with Gasteiger partial charge < -0.3 is 24.1 Å². The molecular weight excluding hydrogens is 396 g/mol. The number of rotatable bonds is 7. The number of hydrogen-bond acceptors (Lipinski definition) is 7. The van der Waals surface area contributed by atoms with Crippen LogP contribution in [0.2, 0.25) is 0 Å². The molecule has 1 aromatic carbocycles. The molecule has 1 saturated heterocycles. The summed E-state index contributed by atoms with van der Waals surface area (Å²) in [6.45, 7) is 1.26. The Balaban J connectivity index is 1.51. The molecule has 154 valence electrons. The molecule has 9 heteroatoms. The molecular formula is C20H22N2O6S. The van der Waals surface area contributed by atoms with Crippen molar-refractivity contribution in [3.05, 3.63) is 54.0 Å². The van der Waals surface area contributed by atoms with Crippen LogP contribution in [0.5, 0.6) is 5.75 Å². The van der Waals surface area contributed by atoms with Gasteiger partial charge in [-0.15, -0.1) is 11.8 Å². The average molecular weight is 418 g/mol. The molecule has 8 nitrogen and oxygen atoms in total. The van der Waals surface area contributed by atoms with Crippen molar-refractivity contribution in [2.24, 2.45) is 0 Å². The normalized spacial score (nSPS) is 18.3. The SMILES string of the molecule is COc1cccc(CNC(=O)COC(=O)[C@H]2CS[C@@H](c3ccco3)N2C(C)=O)c1. The Kier molecular flexibility index (Phi) is 6.82. The quantitative estimate of drug-likeness (QED) is 0.688. The van der Waals surface area contributed by atoms with E-state index < -0.39 is 24.5 Å². The van der Waals surface area contributed by atoms with Gasteiger partial charge in [-0.3, -0.25) is 9.59 Å². The fraction of sp³-hybridized carbons (Fsp3) is 0.350. The van der Waals surface area contributed by atoms with Gasteiger partial charge in [-0.1, -0.05) is 12.1 Å². The van der Waals surface area contributed by atoms with Crippen LogP contribution in [0.4, 0.5) is 0 Å². The Morgan fingerprint density at radius 1 is 1.28 bits per heavy atom. The molecule has 2 heterocycles. The number of methoxy groups -OCH3 is 1. The zero-order chi connectivity index (χ0) is 20.8. The first kappa shape index (κ1) is 20.8. The number of carbonyl (C=O) groups excluding carboxylic acids is 3. The minimum absolute atomic E-state index is 0.263. The maximum atomic E-state index is 12.5. The smallest absolute Gasteiger partial charge is 0.330 e. The van der Waals surface area contributed by atoms with Gasteiger partial charge in [0.2, 0.25) is 5.91 Å². The van der Waals surface area contributed by atoms with Crippen LogP contribution in [0.15, 0.2) is 47.1 Å². The summed E-state index contributed by atoms with van der Waals surface area (Å²) >= 11 is 1.42. The van der Waals surface area contributed by atoms with Gasteiger partial charge in [0.1, 0.15) is 22.9 Å². The van der Waals surface area contributed by atoms with E-state index in [1.54, 1.807) is 19.2 Å². The summed E-state index contributed by atoms with van der Waals surface area (Å²) in [7, 11) is 1.57. The van der Waals surface area contributed by atoms with E-state index in [1.807, 2.05) is 24.3 Å². The van der Waals surface area contributed by atoms with Crippen LogP contribution in [0.25, 0.3) is 0 Å². The third kappa shape index (κ3) is 5.11. The van der Waals surface area contributed by atoms with Gasteiger partial charge in [0.15, 0.2) is 6.61 Å². The third-order valence-corrected chi connectivity index (χ3v) is 5.68. The number of carbonyl (C=O) groups is 3. The third-order valence-electron chi connectivity index (χ3n) is 4.39. The molecule has 1 aromatic heterocycles. The summed E-state index contributed by atoms with van der Waals surface area (Å²) in [6.07, 6.45) is 1.52. The summed E-state index contributed by atoms with van der Waals surface area (Å²) in [5, 5.41) is 2.30. The predicted molar refractivity (Wildman–Crippen MR) is 106 cm³/mol. The van der Waals surface area contributed by atoms with Crippen LogP contribution >= 0.6 is 11.8 Å². The molecule has 1 N–H and O–H groups in total. The number of nitrogens with zero attached hydrogens (tertiary/aromatic N) is 1. The Bertz CT molecular complexity index is 870. The highest BCUT2D eigenvalue weighted by Gasteiger charge is 2.43. The summed E-state index contributed by atoms with van der Waals surface area (Å²) in [6, 6.07) is 10.0. The van der Waals surface area contributed by atoms with E-state index in [2.05, 4.69) is 5.32 Å². The second-order valence-corrected chi connectivity index (χ2v) is 7.49. The molecule has 0 unspecified atom stereocenters. The zero-order valence-electron chi connectivity index (χ0n) is 16.1. The maximum absolute atomic E-state index is 12.5. The standard InChI is InChI=1S/C20H22N2O6S/c1-13(23)22-16(12-29-19(22)17-7-4-8-27-17)20(25)28-11-18(24)21-10-14-5-3-6-15(9-14)26-2/h3-9,16,19H,10-12H2,1-2H3,(H,21,24)/t16-,19+/m1/s1. The molecule has 2 amide bonds. The first-order valence-corrected chi connectivity index (χ1v) is 10.0. The van der Waals surface area contributed by atoms with Crippen LogP contribution < -0.4 is 10.1 Å². The number of amides is 2. The number of thioether (sulfide) groups is 1. The van der Waals surface area contributed by atoms with Gasteiger partial charge >= 0.3 is 5.97 Å². The molecule has 0 aliphatic carbocycles. The number of furan rings is 1. The fourth-order valence-electron chi connectivity index (χ4n) is 2.99. The van der Waals surface area contributed by atoms with Crippen molar-refractivity contribution < 1.29 is 28.3 Å². The number of benzene rings is 1. The highest BCUT2D eigenvalue weighted by Crippen LogP contribution is 2.41. The molecule has 0 bridgehead atoms. The number of hydrogen-bond donors (Lipinski definition) is 1. The van der Waals surface area contributed by atoms with Gasteiger partial charge in [-0.2, -0.15) is 0 Å². The largest absolute Gasteiger partial charge is 0.497 e. The van der Waals surface area contributed by atoms with Crippen LogP contribution in [0.1, 0.15) is 23.6 Å². The van der Waals surface area contributed by atoms with E-state index in [9.17, 15) is 14.4 Å². The number of nitrogens with one attached hydrogen (secondary N) is 1. The fourth-order valence-corrected chi connectivity index (χ4v) is 4.41. The second-order valence-electron chi connectivity index (χ2n) is 6.38. The van der Waals surface area contributed by atoms with Gasteiger partial charge in [-0.25, -0.2) is 4.79 Å². The first-order chi connectivity index (χ1) is 14.0. The van der Waals surface area contributed by atoms with Crippen molar-refractivity contribution in [3.8, 4) is 5.75 Å². The van der Waals surface area contributed by atoms with Gasteiger partial charge in [-0.05, 0) is 29.8 Å². The predicted octanol–water partition coefficient (Wildman–Crippen LogP) is 2.11. The number of esters is 1. The van der Waals surface area contributed by atoms with Crippen molar-refractivity contribution in [1.82, 2.24) is 10.2 Å². The Morgan fingerprint density at radius 3 is 2.79 bits per heavy atom. The monoisotopic (exact) mass is 418 g/mol. The molecule has 1 fully saturated rings. The highest BCUT2D eigenvalue weighted by atomic mass is 32.2. The van der Waals surface area contributed by atoms with Crippen molar-refractivity contribution in [2.75, 3.05) is 19.5 Å². The van der Waals surface area contributed by atoms with Gasteiger partial charge in [0.25, 0.3) is 5.91 Å². The van der Waals surface area contributed by atoms with Crippen molar-refractivity contribution >= 4 is 29.5 Å². The second kappa shape index (κ2) is 9.51. The van der Waals surface area contributed by atoms with Crippen LogP contribution in [-0.4, -0.2) is 48.2 Å². The molecule has 2 atom stereocenters. The molecule has 0 spiro atoms. The lowest BCUT2D eigenvalue weighted by atomic mass is 10.2. The highest BCUT2D eigenvalue weighted by molar-refractivity contribution is 7.99. The topological polar surface area (TPSA) is 98.1 Å². The number of ether oxygens (including phenoxy) is 2. The van der Waals surface area contributed by atoms with E-state index in [0.29, 0.717) is 17.3 Å². The lowest BCUT2D eigenvalue weighted by molar-refractivity contribution is -0.156. The van der Waals surface area contributed by atoms with E-state index in [0.717, 1.165) is 5.56 Å². The van der Waals surface area contributed by atoms with E-state index in [-0.39, 0.29) is 17.8 Å². The zero-order valence-corrected chi connectivity index (χ0v) is 16.9. The van der Waals surface area contributed by atoms with Gasteiger partial charge in [0.05, 0.1) is 13.4 Å². The first-order valence-electron chi connectivity index (χ1n) is 8.99. The van der Waals surface area contributed by atoms with Crippen molar-refractivity contribution in [1.29, 1.82) is 0 Å². The molecule has 0 radical (unpaired) electrons. The minimum atomic E-state index is -0.765. The molecule has 3 rings (SSSR count). The Hall–Kier alpha value is -2.94. The molecule has 1 aliphatic rings. The molecule has 0 saturated carbocycles. The van der Waals surface area contributed by atoms with Gasteiger partial charge in [0, 0.05) is 19.2 Å². The van der Waals surface area contributed by atoms with Crippen molar-refractivity contribution in [3.63, 3.8) is 0 Å². The van der Waals surface area contributed by atoms with Crippen LogP contribution in [-0.2, 0) is 25.7 Å². The lowest BCUT2D eigenvalue weighted by Crippen LogP contribution is -2.43. The van der Waals surface area contributed by atoms with E-state index in [4.69, 9.17) is 13.9 Å². The van der Waals surface area contributed by atoms with Crippen LogP contribution in [0.3, 0.4) is 0 Å². The molecule has 29 heavy (non-hydrogen) atoms. The summed E-state index contributed by atoms with van der Waals surface area (Å²) < 4.78 is 15.7. The Morgan fingerprint density at radius 2 is 2.10 bits per heavy atom. The van der Waals surface area contributed by atoms with E-state index in [1.165, 1.54) is 29.8 Å². The summed E-state index contributed by atoms with van der Waals surface area (Å²) in [5.41, 5.74) is 0.861. The molecule has 2 aromatic rings. The maximum Gasteiger partial charge on any atom is 0.330 e. The lowest BCUT2D eigenvalue weighted by Gasteiger charge is -2.25. The Labute approximate surface area is 172 Å². The minimum Gasteiger partial charge on any atom is -0.497 e. The summed E-state index contributed by atoms with van der Waals surface area (Å²) in [4.78, 5) is 38.0.